The molecule has 0 radical (unpaired) electrons. The zero-order valence-corrected chi connectivity index (χ0v) is 20.9. The van der Waals surface area contributed by atoms with Crippen molar-refractivity contribution < 1.29 is 17.6 Å². The Labute approximate surface area is 213 Å². The molecule has 194 valence electrons. The topological polar surface area (TPSA) is 60.1 Å². The van der Waals surface area contributed by atoms with Crippen molar-refractivity contribution in [2.75, 3.05) is 56.1 Å². The van der Waals surface area contributed by atoms with Crippen molar-refractivity contribution in [2.45, 2.75) is 24.9 Å². The van der Waals surface area contributed by atoms with Crippen LogP contribution in [-0.4, -0.2) is 62.5 Å². The molecular formula is C25H30F4N6S. The minimum atomic E-state index is -4.37. The first kappa shape index (κ1) is 26.2. The van der Waals surface area contributed by atoms with E-state index in [0.717, 1.165) is 37.9 Å². The van der Waals surface area contributed by atoms with Crippen molar-refractivity contribution in [1.29, 1.82) is 0 Å². The van der Waals surface area contributed by atoms with Crippen LogP contribution in [0.5, 0.6) is 0 Å². The Morgan fingerprint density at radius 3 is 2.39 bits per heavy atom. The third kappa shape index (κ3) is 6.25. The average molecular weight is 523 g/mol. The Balaban J connectivity index is 1.57. The Bertz CT molecular complexity index is 1110. The van der Waals surface area contributed by atoms with Crippen LogP contribution >= 0.6 is 12.2 Å². The standard InChI is InChI=1S/C25H30F4N6S/c1-33-9-11-34(12-10-33)22-14-17(16-31-32-24(30)36)13-21(26)23(22)35-7-5-18(6-8-35)19-3-2-4-20(15-19)25(27,28)29/h2-4,13-16,18H,5-12H2,1H3,(H3,30,32,36). The first-order chi connectivity index (χ1) is 17.1. The molecule has 4 rings (SSSR count). The lowest BCUT2D eigenvalue weighted by Gasteiger charge is -2.40. The molecule has 36 heavy (non-hydrogen) atoms. The Morgan fingerprint density at radius 2 is 1.75 bits per heavy atom. The summed E-state index contributed by atoms with van der Waals surface area (Å²) >= 11 is 4.76. The Kier molecular flexibility index (Phi) is 7.99. The number of nitrogens with two attached hydrogens (primary N) is 1. The Morgan fingerprint density at radius 1 is 1.06 bits per heavy atom. The molecule has 0 aromatic heterocycles. The number of hydrogen-bond acceptors (Lipinski definition) is 5. The number of halogens is 4. The molecule has 2 fully saturated rings. The van der Waals surface area contributed by atoms with Crippen LogP contribution in [0.4, 0.5) is 28.9 Å². The number of nitrogens with zero attached hydrogens (tertiary/aromatic N) is 4. The first-order valence-corrected chi connectivity index (χ1v) is 12.3. The van der Waals surface area contributed by atoms with E-state index in [1.165, 1.54) is 24.4 Å². The predicted molar refractivity (Wildman–Crippen MR) is 139 cm³/mol. The minimum Gasteiger partial charge on any atom is -0.375 e. The summed E-state index contributed by atoms with van der Waals surface area (Å²) in [6, 6.07) is 8.89. The van der Waals surface area contributed by atoms with Crippen LogP contribution in [-0.2, 0) is 6.18 Å². The van der Waals surface area contributed by atoms with Gasteiger partial charge in [0, 0.05) is 39.3 Å². The highest BCUT2D eigenvalue weighted by Crippen LogP contribution is 2.39. The van der Waals surface area contributed by atoms with Gasteiger partial charge in [-0.1, -0.05) is 18.2 Å². The summed E-state index contributed by atoms with van der Waals surface area (Å²) in [6.07, 6.45) is -1.60. The second kappa shape index (κ2) is 11.0. The summed E-state index contributed by atoms with van der Waals surface area (Å²) < 4.78 is 55.1. The molecule has 2 aliphatic heterocycles. The molecule has 0 saturated carbocycles. The van der Waals surface area contributed by atoms with Gasteiger partial charge in [-0.25, -0.2) is 4.39 Å². The number of hydrazone groups is 1. The van der Waals surface area contributed by atoms with E-state index in [-0.39, 0.29) is 16.8 Å². The van der Waals surface area contributed by atoms with Crippen molar-refractivity contribution in [3.63, 3.8) is 0 Å². The van der Waals surface area contributed by atoms with Crippen molar-refractivity contribution in [3.05, 3.63) is 58.9 Å². The van der Waals surface area contributed by atoms with E-state index in [9.17, 15) is 13.2 Å². The molecular weight excluding hydrogens is 492 g/mol. The summed E-state index contributed by atoms with van der Waals surface area (Å²) in [5.41, 5.74) is 9.84. The molecule has 2 aliphatic rings. The number of piperazine rings is 1. The van der Waals surface area contributed by atoms with Crippen LogP contribution in [0.1, 0.15) is 35.4 Å². The SMILES string of the molecule is CN1CCN(c2cc(C=NNC(N)=S)cc(F)c2N2CCC(c3cccc(C(F)(F)F)c3)CC2)CC1. The fraction of sp³-hybridized carbons (Fsp3) is 0.440. The van der Waals surface area contributed by atoms with E-state index in [1.54, 1.807) is 6.07 Å². The van der Waals surface area contributed by atoms with Gasteiger partial charge >= 0.3 is 6.18 Å². The highest BCUT2D eigenvalue weighted by atomic mass is 32.1. The summed E-state index contributed by atoms with van der Waals surface area (Å²) in [6.45, 7) is 4.34. The van der Waals surface area contributed by atoms with Crippen LogP contribution < -0.4 is 21.0 Å². The maximum Gasteiger partial charge on any atom is 0.416 e. The van der Waals surface area contributed by atoms with Gasteiger partial charge in [0.2, 0.25) is 0 Å². The number of likely N-dealkylation sites (N-methyl/N-ethyl adjacent to an activating group) is 1. The van der Waals surface area contributed by atoms with Gasteiger partial charge in [0.25, 0.3) is 0 Å². The van der Waals surface area contributed by atoms with Gasteiger partial charge in [-0.05, 0) is 67.4 Å². The Hall–Kier alpha value is -2.92. The molecule has 0 amide bonds. The van der Waals surface area contributed by atoms with Crippen molar-refractivity contribution >= 4 is 34.9 Å². The van der Waals surface area contributed by atoms with Crippen molar-refractivity contribution in [1.82, 2.24) is 10.3 Å². The predicted octanol–water partition coefficient (Wildman–Crippen LogP) is 4.15. The van der Waals surface area contributed by atoms with Crippen LogP contribution in [0, 0.1) is 5.82 Å². The summed E-state index contributed by atoms with van der Waals surface area (Å²) in [5.74, 6) is -0.364. The number of nitrogens with one attached hydrogen (secondary N) is 1. The molecule has 0 bridgehead atoms. The van der Waals surface area contributed by atoms with Gasteiger partial charge in [0.1, 0.15) is 5.82 Å². The number of rotatable bonds is 5. The number of anilines is 2. The fourth-order valence-corrected chi connectivity index (χ4v) is 4.91. The number of benzene rings is 2. The highest BCUT2D eigenvalue weighted by molar-refractivity contribution is 7.80. The molecule has 0 atom stereocenters. The lowest BCUT2D eigenvalue weighted by atomic mass is 9.88. The van der Waals surface area contributed by atoms with E-state index >= 15 is 4.39 Å². The number of hydrogen-bond donors (Lipinski definition) is 2. The molecule has 0 aliphatic carbocycles. The molecule has 0 spiro atoms. The van der Waals surface area contributed by atoms with E-state index in [0.29, 0.717) is 42.7 Å². The van der Waals surface area contributed by atoms with E-state index in [2.05, 4.69) is 27.4 Å². The van der Waals surface area contributed by atoms with Crippen molar-refractivity contribution in [2.24, 2.45) is 10.8 Å². The highest BCUT2D eigenvalue weighted by Gasteiger charge is 2.32. The van der Waals surface area contributed by atoms with Crippen LogP contribution in [0.25, 0.3) is 0 Å². The molecule has 6 nitrogen and oxygen atoms in total. The van der Waals surface area contributed by atoms with Gasteiger partial charge in [-0.2, -0.15) is 18.3 Å². The second-order valence-corrected chi connectivity index (χ2v) is 9.72. The van der Waals surface area contributed by atoms with Crippen LogP contribution in [0.3, 0.4) is 0 Å². The summed E-state index contributed by atoms with van der Waals surface area (Å²) in [5, 5.41) is 3.98. The number of thiocarbonyl (C=S) groups is 1. The van der Waals surface area contributed by atoms with Crippen molar-refractivity contribution in [3.8, 4) is 0 Å². The third-order valence-electron chi connectivity index (χ3n) is 6.79. The molecule has 2 aromatic carbocycles. The molecule has 0 unspecified atom stereocenters. The monoisotopic (exact) mass is 522 g/mol. The van der Waals surface area contributed by atoms with Gasteiger partial charge in [-0.3, -0.25) is 5.43 Å². The van der Waals surface area contributed by atoms with E-state index in [4.69, 9.17) is 18.0 Å². The molecule has 3 N–H and O–H groups in total. The smallest absolute Gasteiger partial charge is 0.375 e. The molecule has 2 aromatic rings. The lowest BCUT2D eigenvalue weighted by Crippen LogP contribution is -2.45. The molecule has 11 heteroatoms. The zero-order valence-electron chi connectivity index (χ0n) is 20.1. The van der Waals surface area contributed by atoms with Gasteiger partial charge in [0.05, 0.1) is 23.2 Å². The zero-order chi connectivity index (χ0) is 25.9. The van der Waals surface area contributed by atoms with Gasteiger partial charge < -0.3 is 20.4 Å². The molecule has 2 heterocycles. The average Bonchev–Trinajstić information content (AvgIpc) is 2.84. The maximum absolute atomic E-state index is 15.6. The second-order valence-electron chi connectivity index (χ2n) is 9.28. The van der Waals surface area contributed by atoms with Crippen LogP contribution in [0.15, 0.2) is 41.5 Å². The largest absolute Gasteiger partial charge is 0.416 e. The first-order valence-electron chi connectivity index (χ1n) is 11.9. The molecule has 2 saturated heterocycles. The lowest BCUT2D eigenvalue weighted by molar-refractivity contribution is -0.137. The van der Waals surface area contributed by atoms with E-state index in [1.807, 2.05) is 11.0 Å². The quantitative estimate of drug-likeness (QED) is 0.266. The number of alkyl halides is 3. The minimum absolute atomic E-state index is 0.00344. The fourth-order valence-electron chi connectivity index (χ4n) is 4.86. The normalized spacial score (nSPS) is 18.1. The summed E-state index contributed by atoms with van der Waals surface area (Å²) in [7, 11) is 2.06. The maximum atomic E-state index is 15.6. The number of piperidine rings is 1. The third-order valence-corrected chi connectivity index (χ3v) is 6.89. The van der Waals surface area contributed by atoms with Gasteiger partial charge in [0.15, 0.2) is 5.11 Å². The summed E-state index contributed by atoms with van der Waals surface area (Å²) in [4.78, 5) is 6.42. The van der Waals surface area contributed by atoms with E-state index < -0.39 is 11.7 Å². The van der Waals surface area contributed by atoms with Crippen LogP contribution in [0.2, 0.25) is 0 Å². The van der Waals surface area contributed by atoms with Gasteiger partial charge in [-0.15, -0.1) is 0 Å².